The van der Waals surface area contributed by atoms with Crippen LogP contribution in [0.4, 0.5) is 8.78 Å². The minimum absolute atomic E-state index is 0.146. The zero-order valence-electron chi connectivity index (χ0n) is 9.72. The van der Waals surface area contributed by atoms with Gasteiger partial charge in [-0.1, -0.05) is 12.1 Å². The van der Waals surface area contributed by atoms with E-state index in [-0.39, 0.29) is 5.41 Å². The Morgan fingerprint density at radius 3 is 2.59 bits per heavy atom. The van der Waals surface area contributed by atoms with E-state index in [0.29, 0.717) is 31.7 Å². The quantitative estimate of drug-likeness (QED) is 0.881. The molecule has 4 heteroatoms. The highest BCUT2D eigenvalue weighted by atomic mass is 19.2. The van der Waals surface area contributed by atoms with Crippen LogP contribution in [0.1, 0.15) is 18.4 Å². The van der Waals surface area contributed by atoms with Gasteiger partial charge >= 0.3 is 0 Å². The van der Waals surface area contributed by atoms with Crippen molar-refractivity contribution in [3.05, 3.63) is 35.4 Å². The summed E-state index contributed by atoms with van der Waals surface area (Å²) in [6.07, 6.45) is 2.09. The first-order valence-electron chi connectivity index (χ1n) is 5.88. The molecule has 17 heavy (non-hydrogen) atoms. The Kier molecular flexibility index (Phi) is 3.74. The Morgan fingerprint density at radius 2 is 1.94 bits per heavy atom. The lowest BCUT2D eigenvalue weighted by atomic mass is 9.75. The van der Waals surface area contributed by atoms with Crippen LogP contribution >= 0.6 is 0 Å². The fraction of sp³-hybridized carbons (Fsp3) is 0.538. The second-order valence-corrected chi connectivity index (χ2v) is 4.71. The summed E-state index contributed by atoms with van der Waals surface area (Å²) >= 11 is 0. The molecule has 0 radical (unpaired) electrons. The topological polar surface area (TPSA) is 35.2 Å². The van der Waals surface area contributed by atoms with Crippen molar-refractivity contribution >= 4 is 0 Å². The van der Waals surface area contributed by atoms with Gasteiger partial charge < -0.3 is 10.5 Å². The molecule has 0 unspecified atom stereocenters. The standard InChI is InChI=1S/C13H17F2NO/c14-11-3-1-2-10(12(11)15)8-13(9-16)4-6-17-7-5-13/h1-3H,4-9,16H2. The van der Waals surface area contributed by atoms with Gasteiger partial charge in [0.2, 0.25) is 0 Å². The van der Waals surface area contributed by atoms with Gasteiger partial charge in [-0.2, -0.15) is 0 Å². The number of rotatable bonds is 3. The van der Waals surface area contributed by atoms with E-state index in [1.807, 2.05) is 0 Å². The Labute approximate surface area is 99.8 Å². The molecule has 0 bridgehead atoms. The van der Waals surface area contributed by atoms with Crippen LogP contribution in [0.5, 0.6) is 0 Å². The number of nitrogens with two attached hydrogens (primary N) is 1. The molecular formula is C13H17F2NO. The van der Waals surface area contributed by atoms with Crippen LogP contribution in [-0.4, -0.2) is 19.8 Å². The number of benzene rings is 1. The van der Waals surface area contributed by atoms with Crippen LogP contribution in [0.25, 0.3) is 0 Å². The molecule has 2 N–H and O–H groups in total. The van der Waals surface area contributed by atoms with E-state index in [2.05, 4.69) is 0 Å². The van der Waals surface area contributed by atoms with Crippen molar-refractivity contribution in [2.45, 2.75) is 19.3 Å². The molecule has 94 valence electrons. The highest BCUT2D eigenvalue weighted by Gasteiger charge is 2.32. The molecule has 1 heterocycles. The monoisotopic (exact) mass is 241 g/mol. The van der Waals surface area contributed by atoms with Crippen LogP contribution < -0.4 is 5.73 Å². The van der Waals surface area contributed by atoms with E-state index in [0.717, 1.165) is 18.9 Å². The van der Waals surface area contributed by atoms with Gasteiger partial charge in [0.15, 0.2) is 11.6 Å². The molecule has 1 fully saturated rings. The minimum atomic E-state index is -0.790. The summed E-state index contributed by atoms with van der Waals surface area (Å²) in [5, 5.41) is 0. The Hall–Kier alpha value is -1.00. The zero-order chi connectivity index (χ0) is 12.3. The van der Waals surface area contributed by atoms with Crippen molar-refractivity contribution in [1.82, 2.24) is 0 Å². The van der Waals surface area contributed by atoms with Gasteiger partial charge in [-0.25, -0.2) is 8.78 Å². The molecular weight excluding hydrogens is 224 g/mol. The van der Waals surface area contributed by atoms with Gasteiger partial charge in [0.05, 0.1) is 0 Å². The van der Waals surface area contributed by atoms with Crippen LogP contribution in [0.15, 0.2) is 18.2 Å². The summed E-state index contributed by atoms with van der Waals surface area (Å²) in [5.41, 5.74) is 6.07. The average Bonchev–Trinajstić information content (AvgIpc) is 2.36. The maximum absolute atomic E-state index is 13.6. The van der Waals surface area contributed by atoms with Gasteiger partial charge in [0.1, 0.15) is 0 Å². The van der Waals surface area contributed by atoms with Gasteiger partial charge in [0, 0.05) is 13.2 Å². The van der Waals surface area contributed by atoms with Crippen LogP contribution in [-0.2, 0) is 11.2 Å². The predicted octanol–water partition coefficient (Wildman–Crippen LogP) is 2.26. The summed E-state index contributed by atoms with van der Waals surface area (Å²) in [6.45, 7) is 1.77. The third-order valence-electron chi connectivity index (χ3n) is 3.58. The van der Waals surface area contributed by atoms with Crippen molar-refractivity contribution in [1.29, 1.82) is 0 Å². The second-order valence-electron chi connectivity index (χ2n) is 4.71. The molecule has 0 atom stereocenters. The average molecular weight is 241 g/mol. The summed E-state index contributed by atoms with van der Waals surface area (Å²) in [5.74, 6) is -1.53. The first-order valence-corrected chi connectivity index (χ1v) is 5.88. The maximum atomic E-state index is 13.6. The molecule has 0 aromatic heterocycles. The molecule has 1 aromatic carbocycles. The maximum Gasteiger partial charge on any atom is 0.162 e. The summed E-state index contributed by atoms with van der Waals surface area (Å²) in [7, 11) is 0. The minimum Gasteiger partial charge on any atom is -0.381 e. The van der Waals surface area contributed by atoms with Crippen molar-refractivity contribution < 1.29 is 13.5 Å². The van der Waals surface area contributed by atoms with Crippen LogP contribution in [0, 0.1) is 17.0 Å². The smallest absolute Gasteiger partial charge is 0.162 e. The fourth-order valence-corrected chi connectivity index (χ4v) is 2.35. The lowest BCUT2D eigenvalue weighted by Gasteiger charge is -2.36. The van der Waals surface area contributed by atoms with E-state index in [9.17, 15) is 8.78 Å². The third kappa shape index (κ3) is 2.64. The molecule has 0 spiro atoms. The molecule has 2 nitrogen and oxygen atoms in total. The van der Waals surface area contributed by atoms with Gasteiger partial charge in [0.25, 0.3) is 0 Å². The van der Waals surface area contributed by atoms with Crippen molar-refractivity contribution in [2.24, 2.45) is 11.1 Å². The first-order chi connectivity index (χ1) is 8.17. The second kappa shape index (κ2) is 5.10. The molecule has 1 aromatic rings. The first kappa shape index (κ1) is 12.5. The summed E-state index contributed by atoms with van der Waals surface area (Å²) in [4.78, 5) is 0. The zero-order valence-corrected chi connectivity index (χ0v) is 9.72. The number of ether oxygens (including phenoxy) is 1. The Morgan fingerprint density at radius 1 is 1.24 bits per heavy atom. The molecule has 1 aliphatic rings. The van der Waals surface area contributed by atoms with Gasteiger partial charge in [-0.05, 0) is 42.9 Å². The highest BCUT2D eigenvalue weighted by molar-refractivity contribution is 5.20. The molecule has 0 aliphatic carbocycles. The number of hydrogen-bond acceptors (Lipinski definition) is 2. The summed E-state index contributed by atoms with van der Waals surface area (Å²) in [6, 6.07) is 4.31. The predicted molar refractivity (Wildman–Crippen MR) is 61.6 cm³/mol. The lowest BCUT2D eigenvalue weighted by Crippen LogP contribution is -2.38. The van der Waals surface area contributed by atoms with Gasteiger partial charge in [-0.15, -0.1) is 0 Å². The Balaban J connectivity index is 2.20. The molecule has 0 amide bonds. The molecule has 2 rings (SSSR count). The SMILES string of the molecule is NCC1(Cc2cccc(F)c2F)CCOCC1. The van der Waals surface area contributed by atoms with Crippen LogP contribution in [0.2, 0.25) is 0 Å². The third-order valence-corrected chi connectivity index (χ3v) is 3.58. The fourth-order valence-electron chi connectivity index (χ4n) is 2.35. The van der Waals surface area contributed by atoms with E-state index in [1.54, 1.807) is 6.07 Å². The van der Waals surface area contributed by atoms with Gasteiger partial charge in [-0.3, -0.25) is 0 Å². The van der Waals surface area contributed by atoms with E-state index in [4.69, 9.17) is 10.5 Å². The van der Waals surface area contributed by atoms with E-state index < -0.39 is 11.6 Å². The van der Waals surface area contributed by atoms with E-state index >= 15 is 0 Å². The van der Waals surface area contributed by atoms with Crippen molar-refractivity contribution in [3.63, 3.8) is 0 Å². The lowest BCUT2D eigenvalue weighted by molar-refractivity contribution is 0.0187. The molecule has 1 saturated heterocycles. The van der Waals surface area contributed by atoms with E-state index in [1.165, 1.54) is 6.07 Å². The number of halogens is 2. The highest BCUT2D eigenvalue weighted by Crippen LogP contribution is 2.34. The van der Waals surface area contributed by atoms with Crippen molar-refractivity contribution in [2.75, 3.05) is 19.8 Å². The van der Waals surface area contributed by atoms with Crippen LogP contribution in [0.3, 0.4) is 0 Å². The van der Waals surface area contributed by atoms with Crippen molar-refractivity contribution in [3.8, 4) is 0 Å². The number of hydrogen-bond donors (Lipinski definition) is 1. The normalized spacial score (nSPS) is 19.2. The summed E-state index contributed by atoms with van der Waals surface area (Å²) < 4.78 is 32.0. The molecule has 1 aliphatic heterocycles. The Bertz CT molecular complexity index is 389. The largest absolute Gasteiger partial charge is 0.381 e. The molecule has 0 saturated carbocycles.